The van der Waals surface area contributed by atoms with Crippen LogP contribution in [-0.2, 0) is 10.0 Å². The van der Waals surface area contributed by atoms with Gasteiger partial charge in [-0.3, -0.25) is 0 Å². The van der Waals surface area contributed by atoms with E-state index in [1.165, 1.54) is 16.4 Å². The third kappa shape index (κ3) is 3.78. The van der Waals surface area contributed by atoms with Crippen molar-refractivity contribution in [1.82, 2.24) is 9.62 Å². The molecule has 0 aromatic heterocycles. The van der Waals surface area contributed by atoms with Crippen LogP contribution in [0.1, 0.15) is 12.8 Å². The molecule has 1 fully saturated rings. The number of benzene rings is 1. The van der Waals surface area contributed by atoms with Crippen LogP contribution in [0.5, 0.6) is 0 Å². The van der Waals surface area contributed by atoms with Crippen LogP contribution in [0, 0.1) is 0 Å². The van der Waals surface area contributed by atoms with Crippen LogP contribution in [0.2, 0.25) is 10.0 Å². The molecule has 1 aliphatic rings. The fourth-order valence-corrected chi connectivity index (χ4v) is 4.49. The maximum Gasteiger partial charge on any atom is 0.244 e. The Morgan fingerprint density at radius 2 is 2.05 bits per heavy atom. The van der Waals surface area contributed by atoms with E-state index >= 15 is 0 Å². The molecule has 0 amide bonds. The van der Waals surface area contributed by atoms with Gasteiger partial charge in [0.15, 0.2) is 0 Å². The topological polar surface area (TPSA) is 49.4 Å². The molecule has 1 aromatic rings. The van der Waals surface area contributed by atoms with E-state index in [-0.39, 0.29) is 28.4 Å². The average Bonchev–Trinajstić information content (AvgIpc) is 2.38. The number of likely N-dealkylation sites (N-methyl/N-ethyl adjacent to an activating group) is 1. The Morgan fingerprint density at radius 3 is 2.65 bits per heavy atom. The van der Waals surface area contributed by atoms with E-state index in [1.807, 2.05) is 7.05 Å². The third-order valence-electron chi connectivity index (χ3n) is 3.30. The summed E-state index contributed by atoms with van der Waals surface area (Å²) in [6.07, 6.45) is 1.83. The summed E-state index contributed by atoms with van der Waals surface area (Å²) in [5.74, 6) is 0. The van der Waals surface area contributed by atoms with Gasteiger partial charge < -0.3 is 5.32 Å². The normalized spacial score (nSPS) is 20.4. The van der Waals surface area contributed by atoms with Gasteiger partial charge in [0, 0.05) is 24.2 Å². The molecule has 8 heteroatoms. The van der Waals surface area contributed by atoms with Gasteiger partial charge in [0.2, 0.25) is 10.0 Å². The lowest BCUT2D eigenvalue weighted by Gasteiger charge is -2.31. The van der Waals surface area contributed by atoms with Crippen LogP contribution in [-0.4, -0.2) is 38.9 Å². The van der Waals surface area contributed by atoms with Crippen LogP contribution in [0.15, 0.2) is 23.1 Å². The second-order valence-corrected chi connectivity index (χ2v) is 7.32. The first-order valence-corrected chi connectivity index (χ1v) is 8.27. The highest BCUT2D eigenvalue weighted by Gasteiger charge is 2.31. The van der Waals surface area contributed by atoms with Crippen molar-refractivity contribution in [1.29, 1.82) is 0 Å². The third-order valence-corrected chi connectivity index (χ3v) is 5.89. The molecule has 1 aromatic carbocycles. The number of sulfonamides is 1. The van der Waals surface area contributed by atoms with Gasteiger partial charge in [-0.05, 0) is 38.1 Å². The van der Waals surface area contributed by atoms with Crippen LogP contribution in [0.3, 0.4) is 0 Å². The largest absolute Gasteiger partial charge is 0.316 e. The van der Waals surface area contributed by atoms with Crippen molar-refractivity contribution in [2.45, 2.75) is 23.8 Å². The zero-order valence-electron chi connectivity index (χ0n) is 11.0. The lowest BCUT2D eigenvalue weighted by Crippen LogP contribution is -2.46. The summed E-state index contributed by atoms with van der Waals surface area (Å²) in [4.78, 5) is 0.121. The smallest absolute Gasteiger partial charge is 0.244 e. The molecule has 0 aliphatic carbocycles. The second-order valence-electron chi connectivity index (χ2n) is 4.57. The Morgan fingerprint density at radius 1 is 1.35 bits per heavy atom. The minimum atomic E-state index is -3.55. The summed E-state index contributed by atoms with van der Waals surface area (Å²) >= 11 is 11.8. The van der Waals surface area contributed by atoms with Crippen molar-refractivity contribution in [3.8, 4) is 0 Å². The number of hydrogen-bond acceptors (Lipinski definition) is 3. The molecule has 0 spiro atoms. The van der Waals surface area contributed by atoms with Gasteiger partial charge in [0.1, 0.15) is 4.90 Å². The molecule has 0 bridgehead atoms. The predicted molar refractivity (Wildman–Crippen MR) is 84.6 cm³/mol. The monoisotopic (exact) mass is 358 g/mol. The number of nitrogens with zero attached hydrogens (tertiary/aromatic N) is 1. The van der Waals surface area contributed by atoms with Gasteiger partial charge in [-0.25, -0.2) is 8.42 Å². The standard InChI is InChI=1S/C12H16Cl2N2O2S.ClH/c1-15-10-3-2-6-16(8-10)19(17,18)12-5-4-9(13)7-11(12)14;/h4-5,7,10,15H,2-3,6,8H2,1H3;1H. The Bertz CT molecular complexity index is 566. The fraction of sp³-hybridized carbons (Fsp3) is 0.500. The van der Waals surface area contributed by atoms with Crippen molar-refractivity contribution in [2.24, 2.45) is 0 Å². The number of rotatable bonds is 3. The van der Waals surface area contributed by atoms with Gasteiger partial charge in [-0.2, -0.15) is 4.31 Å². The fourth-order valence-electron chi connectivity index (χ4n) is 2.22. The summed E-state index contributed by atoms with van der Waals surface area (Å²) in [6, 6.07) is 4.65. The van der Waals surface area contributed by atoms with E-state index in [2.05, 4.69) is 5.32 Å². The summed E-state index contributed by atoms with van der Waals surface area (Å²) in [5, 5.41) is 3.71. The lowest BCUT2D eigenvalue weighted by molar-refractivity contribution is 0.293. The highest BCUT2D eigenvalue weighted by molar-refractivity contribution is 7.89. The molecule has 0 radical (unpaired) electrons. The second kappa shape index (κ2) is 7.29. The molecule has 20 heavy (non-hydrogen) atoms. The molecule has 1 atom stereocenters. The molecular weight excluding hydrogens is 343 g/mol. The predicted octanol–water partition coefficient (Wildman–Crippen LogP) is 2.79. The summed E-state index contributed by atoms with van der Waals surface area (Å²) in [6.45, 7) is 0.997. The molecule has 0 saturated carbocycles. The zero-order chi connectivity index (χ0) is 14.0. The molecule has 4 nitrogen and oxygen atoms in total. The zero-order valence-corrected chi connectivity index (χ0v) is 14.1. The average molecular weight is 360 g/mol. The van der Waals surface area contributed by atoms with Gasteiger partial charge in [-0.15, -0.1) is 12.4 Å². The maximum atomic E-state index is 12.6. The quantitative estimate of drug-likeness (QED) is 0.903. The van der Waals surface area contributed by atoms with E-state index in [1.54, 1.807) is 6.07 Å². The van der Waals surface area contributed by atoms with E-state index < -0.39 is 10.0 Å². The minimum absolute atomic E-state index is 0. The molecule has 1 N–H and O–H groups in total. The first-order valence-electron chi connectivity index (χ1n) is 6.07. The molecule has 1 unspecified atom stereocenters. The Hall–Kier alpha value is -0.0400. The summed E-state index contributed by atoms with van der Waals surface area (Å²) in [7, 11) is -1.71. The van der Waals surface area contributed by atoms with Gasteiger partial charge >= 0.3 is 0 Å². The SMILES string of the molecule is CNC1CCCN(S(=O)(=O)c2ccc(Cl)cc2Cl)C1.Cl. The van der Waals surface area contributed by atoms with Gasteiger partial charge in [-0.1, -0.05) is 23.2 Å². The van der Waals surface area contributed by atoms with Crippen LogP contribution in [0.4, 0.5) is 0 Å². The van der Waals surface area contributed by atoms with E-state index in [4.69, 9.17) is 23.2 Å². The first-order chi connectivity index (χ1) is 8.95. The maximum absolute atomic E-state index is 12.6. The van der Waals surface area contributed by atoms with Crippen molar-refractivity contribution < 1.29 is 8.42 Å². The molecular formula is C12H17Cl3N2O2S. The van der Waals surface area contributed by atoms with E-state index in [0.29, 0.717) is 18.1 Å². The molecule has 1 saturated heterocycles. The Labute approximate surface area is 135 Å². The molecule has 1 heterocycles. The van der Waals surface area contributed by atoms with E-state index in [0.717, 1.165) is 12.8 Å². The van der Waals surface area contributed by atoms with Crippen LogP contribution in [0.25, 0.3) is 0 Å². The number of hydrogen-bond donors (Lipinski definition) is 1. The van der Waals surface area contributed by atoms with Crippen molar-refractivity contribution in [3.05, 3.63) is 28.2 Å². The molecule has 2 rings (SSSR count). The van der Waals surface area contributed by atoms with Gasteiger partial charge in [0.05, 0.1) is 5.02 Å². The summed E-state index contributed by atoms with van der Waals surface area (Å²) in [5.41, 5.74) is 0. The van der Waals surface area contributed by atoms with Gasteiger partial charge in [0.25, 0.3) is 0 Å². The minimum Gasteiger partial charge on any atom is -0.316 e. The number of nitrogens with one attached hydrogen (secondary N) is 1. The molecule has 114 valence electrons. The molecule has 1 aliphatic heterocycles. The lowest BCUT2D eigenvalue weighted by atomic mass is 10.1. The first kappa shape index (κ1) is 18.0. The number of piperidine rings is 1. The highest BCUT2D eigenvalue weighted by atomic mass is 35.5. The van der Waals surface area contributed by atoms with Crippen molar-refractivity contribution >= 4 is 45.6 Å². The highest BCUT2D eigenvalue weighted by Crippen LogP contribution is 2.29. The summed E-state index contributed by atoms with van der Waals surface area (Å²) < 4.78 is 26.6. The van der Waals surface area contributed by atoms with Crippen molar-refractivity contribution in [3.63, 3.8) is 0 Å². The van der Waals surface area contributed by atoms with Crippen LogP contribution >= 0.6 is 35.6 Å². The Kier molecular flexibility index (Phi) is 6.57. The van der Waals surface area contributed by atoms with Crippen LogP contribution < -0.4 is 5.32 Å². The van der Waals surface area contributed by atoms with E-state index in [9.17, 15) is 8.42 Å². The number of halogens is 3. The van der Waals surface area contributed by atoms with Crippen molar-refractivity contribution in [2.75, 3.05) is 20.1 Å². The Balaban J connectivity index is 0.00000200.